The Hall–Kier alpha value is -2.08. The van der Waals surface area contributed by atoms with Crippen LogP contribution in [-0.2, 0) is 0 Å². The maximum absolute atomic E-state index is 4.06. The normalized spacial score (nSPS) is 9.55. The summed E-state index contributed by atoms with van der Waals surface area (Å²) in [6.45, 7) is 12.3. The topological polar surface area (TPSA) is 0 Å². The molecule has 22 heavy (non-hydrogen) atoms. The van der Waals surface area contributed by atoms with Crippen LogP contribution in [0.5, 0.6) is 0 Å². The van der Waals surface area contributed by atoms with Crippen molar-refractivity contribution in [2.75, 3.05) is 0 Å². The minimum Gasteiger partial charge on any atom is -0.0952 e. The van der Waals surface area contributed by atoms with Crippen LogP contribution in [-0.4, -0.2) is 0 Å². The predicted molar refractivity (Wildman–Crippen MR) is 101 cm³/mol. The molecule has 0 amide bonds. The quantitative estimate of drug-likeness (QED) is 0.537. The first-order valence-corrected chi connectivity index (χ1v) is 8.15. The van der Waals surface area contributed by atoms with Crippen molar-refractivity contribution in [3.05, 3.63) is 84.9 Å². The summed E-state index contributed by atoms with van der Waals surface area (Å²) in [6, 6.07) is 20.7. The second-order valence-corrected chi connectivity index (χ2v) is 5.40. The fraction of sp³-hybridized carbons (Fsp3) is 0.273. The molecule has 0 aromatic heterocycles. The minimum atomic E-state index is 1.03. The SMILES string of the molecule is C=C(CC)c1ccccc1.C=C(CCCC)c1ccccc1. The maximum Gasteiger partial charge on any atom is -0.0230 e. The van der Waals surface area contributed by atoms with Gasteiger partial charge in [0.05, 0.1) is 0 Å². The van der Waals surface area contributed by atoms with E-state index < -0.39 is 0 Å². The minimum absolute atomic E-state index is 1.03. The van der Waals surface area contributed by atoms with E-state index in [0.29, 0.717) is 0 Å². The Morgan fingerprint density at radius 3 is 1.59 bits per heavy atom. The van der Waals surface area contributed by atoms with E-state index in [1.54, 1.807) is 0 Å². The fourth-order valence-electron chi connectivity index (χ4n) is 2.09. The van der Waals surface area contributed by atoms with Crippen molar-refractivity contribution in [3.8, 4) is 0 Å². The summed E-state index contributed by atoms with van der Waals surface area (Å²) < 4.78 is 0. The Labute approximate surface area is 136 Å². The molecule has 0 spiro atoms. The van der Waals surface area contributed by atoms with Crippen LogP contribution in [0.15, 0.2) is 73.8 Å². The Morgan fingerprint density at radius 2 is 1.18 bits per heavy atom. The molecule has 0 saturated heterocycles. The molecule has 116 valence electrons. The lowest BCUT2D eigenvalue weighted by Crippen LogP contribution is -1.81. The number of allylic oxidation sites excluding steroid dienone is 2. The maximum atomic E-state index is 4.06. The van der Waals surface area contributed by atoms with E-state index in [1.807, 2.05) is 24.3 Å². The van der Waals surface area contributed by atoms with E-state index in [9.17, 15) is 0 Å². The van der Waals surface area contributed by atoms with Gasteiger partial charge in [0.15, 0.2) is 0 Å². The fourth-order valence-corrected chi connectivity index (χ4v) is 2.09. The smallest absolute Gasteiger partial charge is 0.0230 e. The van der Waals surface area contributed by atoms with Crippen LogP contribution in [0.1, 0.15) is 50.7 Å². The first-order chi connectivity index (χ1) is 10.7. The van der Waals surface area contributed by atoms with E-state index in [0.717, 1.165) is 12.8 Å². The molecule has 0 aliphatic carbocycles. The molecule has 0 radical (unpaired) electrons. The number of rotatable bonds is 6. The van der Waals surface area contributed by atoms with Gasteiger partial charge in [0.1, 0.15) is 0 Å². The third kappa shape index (κ3) is 6.58. The molecule has 0 bridgehead atoms. The van der Waals surface area contributed by atoms with Gasteiger partial charge < -0.3 is 0 Å². The van der Waals surface area contributed by atoms with E-state index in [-0.39, 0.29) is 0 Å². The van der Waals surface area contributed by atoms with Crippen LogP contribution < -0.4 is 0 Å². The third-order valence-corrected chi connectivity index (χ3v) is 3.62. The Kier molecular flexibility index (Phi) is 8.67. The highest BCUT2D eigenvalue weighted by Crippen LogP contribution is 2.17. The van der Waals surface area contributed by atoms with Gasteiger partial charge in [0.25, 0.3) is 0 Å². The van der Waals surface area contributed by atoms with Crippen LogP contribution in [0.3, 0.4) is 0 Å². The first kappa shape index (κ1) is 18.0. The molecule has 0 nitrogen and oxygen atoms in total. The molecule has 2 rings (SSSR count). The van der Waals surface area contributed by atoms with Gasteiger partial charge in [-0.05, 0) is 41.5 Å². The van der Waals surface area contributed by atoms with Gasteiger partial charge in [-0.2, -0.15) is 0 Å². The lowest BCUT2D eigenvalue weighted by Gasteiger charge is -2.03. The standard InChI is InChI=1S/C12H16.C10H12/c1-3-4-8-11(2)12-9-6-5-7-10-12;1-3-9(2)10-7-5-4-6-8-10/h5-7,9-10H,2-4,8H2,1H3;4-8H,2-3H2,1H3. The summed E-state index contributed by atoms with van der Waals surface area (Å²) in [7, 11) is 0. The molecule has 2 aromatic carbocycles. The summed E-state index contributed by atoms with van der Waals surface area (Å²) in [6.07, 6.45) is 4.64. The third-order valence-electron chi connectivity index (χ3n) is 3.62. The van der Waals surface area contributed by atoms with Crippen molar-refractivity contribution in [1.82, 2.24) is 0 Å². The summed E-state index contributed by atoms with van der Waals surface area (Å²) in [5.41, 5.74) is 5.01. The van der Waals surface area contributed by atoms with Gasteiger partial charge in [-0.25, -0.2) is 0 Å². The Morgan fingerprint density at radius 1 is 0.727 bits per heavy atom. The van der Waals surface area contributed by atoms with E-state index in [2.05, 4.69) is 63.4 Å². The van der Waals surface area contributed by atoms with Crippen molar-refractivity contribution in [3.63, 3.8) is 0 Å². The van der Waals surface area contributed by atoms with Crippen LogP contribution in [0.4, 0.5) is 0 Å². The highest BCUT2D eigenvalue weighted by Gasteiger charge is 1.95. The van der Waals surface area contributed by atoms with Crippen LogP contribution >= 0.6 is 0 Å². The second-order valence-electron chi connectivity index (χ2n) is 5.40. The lowest BCUT2D eigenvalue weighted by molar-refractivity contribution is 0.825. The zero-order valence-electron chi connectivity index (χ0n) is 14.0. The van der Waals surface area contributed by atoms with Crippen molar-refractivity contribution in [2.45, 2.75) is 39.5 Å². The van der Waals surface area contributed by atoms with Crippen molar-refractivity contribution < 1.29 is 0 Å². The monoisotopic (exact) mass is 292 g/mol. The van der Waals surface area contributed by atoms with Gasteiger partial charge >= 0.3 is 0 Å². The summed E-state index contributed by atoms with van der Waals surface area (Å²) in [5, 5.41) is 0. The molecule has 0 heteroatoms. The van der Waals surface area contributed by atoms with Crippen LogP contribution in [0.2, 0.25) is 0 Å². The van der Waals surface area contributed by atoms with Crippen molar-refractivity contribution in [2.24, 2.45) is 0 Å². The lowest BCUT2D eigenvalue weighted by atomic mass is 10.0. The van der Waals surface area contributed by atoms with Crippen LogP contribution in [0, 0.1) is 0 Å². The van der Waals surface area contributed by atoms with Gasteiger partial charge in [-0.15, -0.1) is 0 Å². The highest BCUT2D eigenvalue weighted by molar-refractivity contribution is 5.63. The molecular formula is C22H28. The van der Waals surface area contributed by atoms with Crippen molar-refractivity contribution >= 4 is 11.1 Å². The molecule has 0 N–H and O–H groups in total. The molecule has 0 unspecified atom stereocenters. The first-order valence-electron chi connectivity index (χ1n) is 8.15. The average Bonchev–Trinajstić information content (AvgIpc) is 2.61. The van der Waals surface area contributed by atoms with Gasteiger partial charge in [0, 0.05) is 0 Å². The molecule has 2 aromatic rings. The second kappa shape index (κ2) is 10.6. The average molecular weight is 292 g/mol. The molecule has 0 heterocycles. The molecule has 0 saturated carbocycles. The Bertz CT molecular complexity index is 549. The zero-order valence-corrected chi connectivity index (χ0v) is 14.0. The molecular weight excluding hydrogens is 264 g/mol. The Balaban J connectivity index is 0.000000224. The molecule has 0 aliphatic heterocycles. The van der Waals surface area contributed by atoms with E-state index in [1.165, 1.54) is 35.1 Å². The van der Waals surface area contributed by atoms with E-state index in [4.69, 9.17) is 0 Å². The van der Waals surface area contributed by atoms with E-state index >= 15 is 0 Å². The summed E-state index contributed by atoms with van der Waals surface area (Å²) >= 11 is 0. The number of benzene rings is 2. The predicted octanol–water partition coefficient (Wildman–Crippen LogP) is 7.00. The van der Waals surface area contributed by atoms with Gasteiger partial charge in [0.2, 0.25) is 0 Å². The summed E-state index contributed by atoms with van der Waals surface area (Å²) in [5.74, 6) is 0. The number of hydrogen-bond acceptors (Lipinski definition) is 0. The van der Waals surface area contributed by atoms with Gasteiger partial charge in [-0.3, -0.25) is 0 Å². The van der Waals surface area contributed by atoms with Crippen LogP contribution in [0.25, 0.3) is 11.1 Å². The van der Waals surface area contributed by atoms with Gasteiger partial charge in [-0.1, -0.05) is 94.1 Å². The summed E-state index contributed by atoms with van der Waals surface area (Å²) in [4.78, 5) is 0. The number of hydrogen-bond donors (Lipinski definition) is 0. The number of unbranched alkanes of at least 4 members (excludes halogenated alkanes) is 1. The highest BCUT2D eigenvalue weighted by atomic mass is 14.0. The zero-order chi connectivity index (χ0) is 16.2. The molecule has 0 aliphatic rings. The molecule has 0 atom stereocenters. The largest absolute Gasteiger partial charge is 0.0952 e. The van der Waals surface area contributed by atoms with Crippen molar-refractivity contribution in [1.29, 1.82) is 0 Å². The molecule has 0 fully saturated rings.